The van der Waals surface area contributed by atoms with Gasteiger partial charge in [0.15, 0.2) is 12.0 Å². The third-order valence-corrected chi connectivity index (χ3v) is 4.70. The number of amides is 2. The lowest BCUT2D eigenvalue weighted by Gasteiger charge is -2.30. The fraction of sp³-hybridized carbons (Fsp3) is 0.250. The number of hydrogen-bond acceptors (Lipinski definition) is 5. The zero-order chi connectivity index (χ0) is 22.2. The predicted molar refractivity (Wildman–Crippen MR) is 104 cm³/mol. The molecule has 2 atom stereocenters. The van der Waals surface area contributed by atoms with Gasteiger partial charge in [-0.25, -0.2) is 4.68 Å². The van der Waals surface area contributed by atoms with Crippen LogP contribution in [-0.2, 0) is 11.0 Å². The highest BCUT2D eigenvalue weighted by atomic mass is 19.4. The molecule has 162 valence electrons. The van der Waals surface area contributed by atoms with Crippen LogP contribution in [0.25, 0.3) is 11.5 Å². The van der Waals surface area contributed by atoms with Gasteiger partial charge in [0.2, 0.25) is 5.91 Å². The van der Waals surface area contributed by atoms with E-state index in [0.29, 0.717) is 11.5 Å². The van der Waals surface area contributed by atoms with Crippen molar-refractivity contribution in [2.75, 3.05) is 5.32 Å². The molecule has 1 aliphatic rings. The molecule has 1 fully saturated rings. The van der Waals surface area contributed by atoms with Gasteiger partial charge in [0.1, 0.15) is 11.5 Å². The molecule has 2 aromatic heterocycles. The van der Waals surface area contributed by atoms with Crippen molar-refractivity contribution in [2.45, 2.75) is 31.9 Å². The second kappa shape index (κ2) is 7.91. The molecule has 11 heteroatoms. The maximum absolute atomic E-state index is 13.3. The topological polar surface area (TPSA) is 101 Å². The second-order valence-corrected chi connectivity index (χ2v) is 7.08. The van der Waals surface area contributed by atoms with Gasteiger partial charge in [-0.3, -0.25) is 14.9 Å². The Hall–Kier alpha value is -3.60. The molecule has 0 aliphatic carbocycles. The lowest BCUT2D eigenvalue weighted by atomic mass is 10.1. The van der Waals surface area contributed by atoms with E-state index in [1.54, 1.807) is 19.1 Å². The first-order valence-corrected chi connectivity index (χ1v) is 9.39. The van der Waals surface area contributed by atoms with Crippen molar-refractivity contribution in [1.29, 1.82) is 0 Å². The maximum atomic E-state index is 13.3. The minimum Gasteiger partial charge on any atom is -0.463 e. The molecule has 0 radical (unpaired) electrons. The first-order chi connectivity index (χ1) is 14.7. The number of benzene rings is 1. The van der Waals surface area contributed by atoms with Crippen LogP contribution in [0.3, 0.4) is 0 Å². The number of rotatable bonds is 4. The molecule has 0 saturated carbocycles. The Labute approximate surface area is 174 Å². The van der Waals surface area contributed by atoms with Crippen LogP contribution in [0.2, 0.25) is 0 Å². The molecule has 1 saturated heterocycles. The van der Waals surface area contributed by atoms with E-state index in [2.05, 4.69) is 21.0 Å². The zero-order valence-electron chi connectivity index (χ0n) is 16.2. The van der Waals surface area contributed by atoms with E-state index in [-0.39, 0.29) is 24.2 Å². The number of halogens is 3. The summed E-state index contributed by atoms with van der Waals surface area (Å²) in [5, 5.41) is 12.7. The molecule has 0 spiro atoms. The van der Waals surface area contributed by atoms with E-state index >= 15 is 0 Å². The molecular weight excluding hydrogens is 415 g/mol. The van der Waals surface area contributed by atoms with E-state index in [1.807, 2.05) is 0 Å². The minimum atomic E-state index is -4.69. The summed E-state index contributed by atoms with van der Waals surface area (Å²) in [6.45, 7) is 1.81. The van der Waals surface area contributed by atoms with Crippen molar-refractivity contribution in [2.24, 2.45) is 0 Å². The Morgan fingerprint density at radius 2 is 2.03 bits per heavy atom. The standard InChI is InChI=1S/C20H18F3N5O3/c1-11-9-17(29)26-19(24-11)28-16(10-14(27-28)15-7-4-8-31-15)25-18(30)12-5-2-3-6-13(12)20(21,22)23/h2-8,10-11,19,24H,9H2,1H3,(H,25,30)(H,26,29). The lowest BCUT2D eigenvalue weighted by molar-refractivity contribution is -0.138. The Bertz CT molecular complexity index is 1110. The molecule has 2 amide bonds. The smallest absolute Gasteiger partial charge is 0.417 e. The van der Waals surface area contributed by atoms with Crippen LogP contribution in [0.4, 0.5) is 19.0 Å². The molecule has 3 heterocycles. The van der Waals surface area contributed by atoms with E-state index in [9.17, 15) is 22.8 Å². The quantitative estimate of drug-likeness (QED) is 0.586. The molecule has 4 rings (SSSR count). The highest BCUT2D eigenvalue weighted by Gasteiger charge is 2.35. The predicted octanol–water partition coefficient (Wildman–Crippen LogP) is 3.37. The summed E-state index contributed by atoms with van der Waals surface area (Å²) < 4.78 is 46.6. The summed E-state index contributed by atoms with van der Waals surface area (Å²) in [4.78, 5) is 24.7. The van der Waals surface area contributed by atoms with Crippen LogP contribution < -0.4 is 16.0 Å². The average molecular weight is 433 g/mol. The molecule has 3 N–H and O–H groups in total. The fourth-order valence-electron chi connectivity index (χ4n) is 3.33. The monoisotopic (exact) mass is 433 g/mol. The molecule has 2 unspecified atom stereocenters. The molecular formula is C20H18F3N5O3. The number of carbonyl (C=O) groups excluding carboxylic acids is 2. The van der Waals surface area contributed by atoms with E-state index < -0.39 is 29.5 Å². The second-order valence-electron chi connectivity index (χ2n) is 7.08. The van der Waals surface area contributed by atoms with Gasteiger partial charge in [-0.1, -0.05) is 12.1 Å². The third kappa shape index (κ3) is 4.31. The first-order valence-electron chi connectivity index (χ1n) is 9.39. The van der Waals surface area contributed by atoms with Crippen LogP contribution >= 0.6 is 0 Å². The SMILES string of the molecule is CC1CC(=O)NC(n2nc(-c3ccco3)cc2NC(=O)c2ccccc2C(F)(F)F)N1. The van der Waals surface area contributed by atoms with Crippen LogP contribution in [0.15, 0.2) is 53.1 Å². The van der Waals surface area contributed by atoms with Crippen LogP contribution in [-0.4, -0.2) is 27.6 Å². The third-order valence-electron chi connectivity index (χ3n) is 4.70. The van der Waals surface area contributed by atoms with Crippen molar-refractivity contribution in [3.8, 4) is 11.5 Å². The molecule has 1 aromatic carbocycles. The average Bonchev–Trinajstić information content (AvgIpc) is 3.36. The highest BCUT2D eigenvalue weighted by Crippen LogP contribution is 2.32. The Morgan fingerprint density at radius 3 is 2.71 bits per heavy atom. The highest BCUT2D eigenvalue weighted by molar-refractivity contribution is 6.05. The number of nitrogens with zero attached hydrogens (tertiary/aromatic N) is 2. The summed E-state index contributed by atoms with van der Waals surface area (Å²) in [5.41, 5.74) is -1.25. The van der Waals surface area contributed by atoms with Crippen molar-refractivity contribution in [3.63, 3.8) is 0 Å². The Kier molecular flexibility index (Phi) is 5.27. The van der Waals surface area contributed by atoms with E-state index in [0.717, 1.165) is 12.1 Å². The largest absolute Gasteiger partial charge is 0.463 e. The number of furan rings is 1. The van der Waals surface area contributed by atoms with Gasteiger partial charge in [-0.2, -0.15) is 18.3 Å². The minimum absolute atomic E-state index is 0.0836. The van der Waals surface area contributed by atoms with Crippen LogP contribution in [0.5, 0.6) is 0 Å². The summed E-state index contributed by atoms with van der Waals surface area (Å²) in [6, 6.07) is 9.06. The van der Waals surface area contributed by atoms with Gasteiger partial charge >= 0.3 is 6.18 Å². The summed E-state index contributed by atoms with van der Waals surface area (Å²) in [6.07, 6.45) is -3.81. The number of aromatic nitrogens is 2. The van der Waals surface area contributed by atoms with E-state index in [4.69, 9.17) is 4.42 Å². The van der Waals surface area contributed by atoms with Crippen molar-refractivity contribution in [1.82, 2.24) is 20.4 Å². The summed E-state index contributed by atoms with van der Waals surface area (Å²) >= 11 is 0. The normalized spacial score (nSPS) is 19.2. The summed E-state index contributed by atoms with van der Waals surface area (Å²) in [7, 11) is 0. The molecule has 1 aliphatic heterocycles. The zero-order valence-corrected chi connectivity index (χ0v) is 16.2. The molecule has 8 nitrogen and oxygen atoms in total. The molecule has 31 heavy (non-hydrogen) atoms. The van der Waals surface area contributed by atoms with Gasteiger partial charge in [-0.15, -0.1) is 0 Å². The van der Waals surface area contributed by atoms with Crippen molar-refractivity contribution >= 4 is 17.6 Å². The van der Waals surface area contributed by atoms with Gasteiger partial charge in [0, 0.05) is 18.5 Å². The number of hydrogen-bond donors (Lipinski definition) is 3. The van der Waals surface area contributed by atoms with Crippen LogP contribution in [0, 0.1) is 0 Å². The Morgan fingerprint density at radius 1 is 1.26 bits per heavy atom. The lowest BCUT2D eigenvalue weighted by Crippen LogP contribution is -2.52. The number of anilines is 1. The number of alkyl halides is 3. The van der Waals surface area contributed by atoms with E-state index in [1.165, 1.54) is 29.1 Å². The van der Waals surface area contributed by atoms with Crippen LogP contribution in [0.1, 0.15) is 35.6 Å². The van der Waals surface area contributed by atoms with Gasteiger partial charge in [0.05, 0.1) is 17.4 Å². The molecule has 3 aromatic rings. The number of carbonyl (C=O) groups is 2. The maximum Gasteiger partial charge on any atom is 0.417 e. The van der Waals surface area contributed by atoms with Gasteiger partial charge < -0.3 is 15.1 Å². The van der Waals surface area contributed by atoms with Crippen molar-refractivity contribution in [3.05, 3.63) is 59.9 Å². The first kappa shape index (κ1) is 20.7. The molecule has 0 bridgehead atoms. The summed E-state index contributed by atoms with van der Waals surface area (Å²) in [5.74, 6) is -0.721. The van der Waals surface area contributed by atoms with Gasteiger partial charge in [-0.05, 0) is 31.2 Å². The Balaban J connectivity index is 1.71. The van der Waals surface area contributed by atoms with Gasteiger partial charge in [0.25, 0.3) is 5.91 Å². The fourth-order valence-corrected chi connectivity index (χ4v) is 3.33. The van der Waals surface area contributed by atoms with Crippen molar-refractivity contribution < 1.29 is 27.2 Å². The number of nitrogens with one attached hydrogen (secondary N) is 3.